The second kappa shape index (κ2) is 11.5. The predicted octanol–water partition coefficient (Wildman–Crippen LogP) is 2.15. The van der Waals surface area contributed by atoms with Gasteiger partial charge in [0, 0.05) is 47.0 Å². The van der Waals surface area contributed by atoms with E-state index in [2.05, 4.69) is 29.3 Å². The average molecular weight is 339 g/mol. The topological polar surface area (TPSA) is 51.8 Å². The molecule has 23 heavy (non-hydrogen) atoms. The maximum atomic E-state index is 5.39. The van der Waals surface area contributed by atoms with Crippen molar-refractivity contribution in [2.45, 2.75) is 12.5 Å². The van der Waals surface area contributed by atoms with Gasteiger partial charge in [-0.25, -0.2) is 0 Å². The van der Waals surface area contributed by atoms with Crippen LogP contribution in [0.4, 0.5) is 0 Å². The van der Waals surface area contributed by atoms with Crippen LogP contribution >= 0.6 is 0 Å². The molecule has 0 radical (unpaired) electrons. The summed E-state index contributed by atoms with van der Waals surface area (Å²) in [7, 11) is 2.53. The van der Waals surface area contributed by atoms with Gasteiger partial charge in [-0.2, -0.15) is 0 Å². The van der Waals surface area contributed by atoms with Gasteiger partial charge in [-0.15, -0.1) is 0 Å². The minimum atomic E-state index is -2.41. The van der Waals surface area contributed by atoms with E-state index in [1.165, 1.54) is 5.56 Å². The van der Waals surface area contributed by atoms with E-state index in [9.17, 15) is 0 Å². The molecule has 1 aromatic carbocycles. The van der Waals surface area contributed by atoms with Gasteiger partial charge < -0.3 is 23.9 Å². The van der Waals surface area contributed by atoms with Crippen LogP contribution < -0.4 is 10.6 Å². The van der Waals surface area contributed by atoms with Crippen molar-refractivity contribution in [3.05, 3.63) is 42.5 Å². The van der Waals surface area contributed by atoms with Gasteiger partial charge in [-0.3, -0.25) is 0 Å². The highest BCUT2D eigenvalue weighted by Crippen LogP contribution is 2.14. The third kappa shape index (κ3) is 7.39. The Morgan fingerprint density at radius 2 is 1.57 bits per heavy atom. The SMILES string of the molecule is C=C(CNCCNCCC[Si](OC)(OC)OC)c1ccccc1. The number of benzene rings is 1. The quantitative estimate of drug-likeness (QED) is 0.426. The maximum Gasteiger partial charge on any atom is 0.500 e. The second-order valence-corrected chi connectivity index (χ2v) is 8.39. The lowest BCUT2D eigenvalue weighted by molar-refractivity contribution is 0.123. The minimum absolute atomic E-state index is 0.804. The molecule has 0 aliphatic heterocycles. The smallest absolute Gasteiger partial charge is 0.377 e. The van der Waals surface area contributed by atoms with E-state index < -0.39 is 8.80 Å². The van der Waals surface area contributed by atoms with E-state index >= 15 is 0 Å². The van der Waals surface area contributed by atoms with Crippen molar-refractivity contribution in [1.82, 2.24) is 10.6 Å². The van der Waals surface area contributed by atoms with E-state index in [0.717, 1.165) is 44.2 Å². The van der Waals surface area contributed by atoms with Crippen molar-refractivity contribution in [3.63, 3.8) is 0 Å². The van der Waals surface area contributed by atoms with Gasteiger partial charge in [0.1, 0.15) is 0 Å². The summed E-state index contributed by atoms with van der Waals surface area (Å²) in [4.78, 5) is 0. The molecule has 0 heterocycles. The van der Waals surface area contributed by atoms with Gasteiger partial charge in [0.05, 0.1) is 0 Å². The summed E-state index contributed by atoms with van der Waals surface area (Å²) < 4.78 is 16.2. The zero-order valence-electron chi connectivity index (χ0n) is 14.6. The average Bonchev–Trinajstić information content (AvgIpc) is 2.61. The van der Waals surface area contributed by atoms with Crippen LogP contribution in [0, 0.1) is 0 Å². The summed E-state index contributed by atoms with van der Waals surface area (Å²) in [6, 6.07) is 11.1. The first-order valence-electron chi connectivity index (χ1n) is 7.97. The van der Waals surface area contributed by atoms with Gasteiger partial charge >= 0.3 is 8.80 Å². The molecule has 0 atom stereocenters. The third-order valence-corrected chi connectivity index (χ3v) is 6.60. The normalized spacial score (nSPS) is 11.6. The fraction of sp³-hybridized carbons (Fsp3) is 0.529. The van der Waals surface area contributed by atoms with Crippen LogP contribution in [-0.2, 0) is 13.3 Å². The van der Waals surface area contributed by atoms with Crippen LogP contribution in [0.25, 0.3) is 5.57 Å². The molecule has 0 saturated heterocycles. The molecule has 0 saturated carbocycles. The molecule has 1 aromatic rings. The van der Waals surface area contributed by atoms with Gasteiger partial charge in [0.15, 0.2) is 0 Å². The molecular weight excluding hydrogens is 308 g/mol. The lowest BCUT2D eigenvalue weighted by Crippen LogP contribution is -2.43. The maximum absolute atomic E-state index is 5.39. The lowest BCUT2D eigenvalue weighted by Gasteiger charge is -2.24. The van der Waals surface area contributed by atoms with Crippen LogP contribution in [-0.4, -0.2) is 56.3 Å². The zero-order valence-corrected chi connectivity index (χ0v) is 15.6. The Kier molecular flexibility index (Phi) is 10.0. The molecule has 2 N–H and O–H groups in total. The molecule has 0 amide bonds. The predicted molar refractivity (Wildman–Crippen MR) is 97.4 cm³/mol. The highest BCUT2D eigenvalue weighted by molar-refractivity contribution is 6.60. The molecule has 0 aliphatic carbocycles. The Morgan fingerprint density at radius 3 is 2.17 bits per heavy atom. The van der Waals surface area contributed by atoms with Crippen molar-refractivity contribution in [3.8, 4) is 0 Å². The van der Waals surface area contributed by atoms with Crippen LogP contribution in [0.3, 0.4) is 0 Å². The van der Waals surface area contributed by atoms with Crippen molar-refractivity contribution >= 4 is 14.4 Å². The van der Waals surface area contributed by atoms with Crippen LogP contribution in [0.15, 0.2) is 36.9 Å². The highest BCUT2D eigenvalue weighted by atomic mass is 28.4. The first-order chi connectivity index (χ1) is 11.2. The van der Waals surface area contributed by atoms with Crippen molar-refractivity contribution in [1.29, 1.82) is 0 Å². The summed E-state index contributed by atoms with van der Waals surface area (Å²) in [5.41, 5.74) is 2.30. The van der Waals surface area contributed by atoms with E-state index in [1.54, 1.807) is 21.3 Å². The Labute approximate surface area is 141 Å². The zero-order chi connectivity index (χ0) is 17.0. The van der Waals surface area contributed by atoms with Gasteiger partial charge in [-0.1, -0.05) is 36.9 Å². The van der Waals surface area contributed by atoms with E-state index in [0.29, 0.717) is 0 Å². The summed E-state index contributed by atoms with van der Waals surface area (Å²) in [6.45, 7) is 7.66. The Bertz CT molecular complexity index is 430. The van der Waals surface area contributed by atoms with Crippen LogP contribution in [0.1, 0.15) is 12.0 Å². The first kappa shape index (κ1) is 20.0. The second-order valence-electron chi connectivity index (χ2n) is 5.30. The number of rotatable bonds is 13. The van der Waals surface area contributed by atoms with Gasteiger partial charge in [0.25, 0.3) is 0 Å². The van der Waals surface area contributed by atoms with Crippen LogP contribution in [0.2, 0.25) is 6.04 Å². The van der Waals surface area contributed by atoms with Gasteiger partial charge in [0.2, 0.25) is 0 Å². The Balaban J connectivity index is 2.05. The van der Waals surface area contributed by atoms with Gasteiger partial charge in [-0.05, 0) is 24.1 Å². The fourth-order valence-electron chi connectivity index (χ4n) is 2.30. The Hall–Kier alpha value is -1.02. The molecule has 0 bridgehead atoms. The molecule has 0 aliphatic rings. The first-order valence-corrected chi connectivity index (χ1v) is 9.90. The van der Waals surface area contributed by atoms with E-state index in [1.807, 2.05) is 18.2 Å². The summed E-state index contributed by atoms with van der Waals surface area (Å²) >= 11 is 0. The van der Waals surface area contributed by atoms with E-state index in [4.69, 9.17) is 13.3 Å². The molecule has 0 fully saturated rings. The fourth-order valence-corrected chi connectivity index (χ4v) is 4.03. The molecule has 6 heteroatoms. The number of nitrogens with one attached hydrogen (secondary N) is 2. The van der Waals surface area contributed by atoms with Crippen LogP contribution in [0.5, 0.6) is 0 Å². The van der Waals surface area contributed by atoms with E-state index in [-0.39, 0.29) is 0 Å². The largest absolute Gasteiger partial charge is 0.500 e. The standard InChI is InChI=1S/C17H30N2O3Si/c1-16(17-9-6-5-7-10-17)15-19-13-12-18-11-8-14-23(20-2,21-3)22-4/h5-7,9-10,18-19H,1,8,11-15H2,2-4H3. The number of hydrogen-bond acceptors (Lipinski definition) is 5. The molecule has 1 rings (SSSR count). The lowest BCUT2D eigenvalue weighted by atomic mass is 10.1. The van der Waals surface area contributed by atoms with Crippen molar-refractivity contribution in [2.75, 3.05) is 47.5 Å². The molecular formula is C17H30N2O3Si. The van der Waals surface area contributed by atoms with Crippen molar-refractivity contribution < 1.29 is 13.3 Å². The number of hydrogen-bond donors (Lipinski definition) is 2. The summed E-state index contributed by atoms with van der Waals surface area (Å²) in [5.74, 6) is 0. The molecule has 130 valence electrons. The minimum Gasteiger partial charge on any atom is -0.377 e. The molecule has 5 nitrogen and oxygen atoms in total. The summed E-state index contributed by atoms with van der Waals surface area (Å²) in [5, 5.41) is 6.80. The monoisotopic (exact) mass is 338 g/mol. The molecule has 0 unspecified atom stereocenters. The summed E-state index contributed by atoms with van der Waals surface area (Å²) in [6.07, 6.45) is 0.971. The Morgan fingerprint density at radius 1 is 0.957 bits per heavy atom. The molecule has 0 spiro atoms. The highest BCUT2D eigenvalue weighted by Gasteiger charge is 2.36. The third-order valence-electron chi connectivity index (χ3n) is 3.77. The molecule has 0 aromatic heterocycles. The van der Waals surface area contributed by atoms with Crippen molar-refractivity contribution in [2.24, 2.45) is 0 Å².